The first-order valence-electron chi connectivity index (χ1n) is 7.22. The molecule has 0 spiro atoms. The zero-order chi connectivity index (χ0) is 15.1. The standard InChI is InChI=1S/C17H22N2O2/c1-13(2)19-11-15-9-17(12-18-10-15)21-16-5-3-14(4-6-16)7-8-20/h3-6,9-10,12-13,19-20H,7-8,11H2,1-2H3. The molecule has 0 bridgehead atoms. The Hall–Kier alpha value is -1.91. The van der Waals surface area contributed by atoms with Gasteiger partial charge < -0.3 is 15.2 Å². The smallest absolute Gasteiger partial charge is 0.146 e. The SMILES string of the molecule is CC(C)NCc1cncc(Oc2ccc(CCO)cc2)c1. The van der Waals surface area contributed by atoms with Gasteiger partial charge >= 0.3 is 0 Å². The van der Waals surface area contributed by atoms with Gasteiger partial charge in [-0.1, -0.05) is 26.0 Å². The average Bonchev–Trinajstić information content (AvgIpc) is 2.48. The van der Waals surface area contributed by atoms with Gasteiger partial charge in [-0.3, -0.25) is 4.98 Å². The second-order valence-corrected chi connectivity index (χ2v) is 5.28. The van der Waals surface area contributed by atoms with E-state index in [2.05, 4.69) is 24.1 Å². The number of hydrogen-bond donors (Lipinski definition) is 2. The summed E-state index contributed by atoms with van der Waals surface area (Å²) in [6, 6.07) is 10.2. The van der Waals surface area contributed by atoms with E-state index in [1.807, 2.05) is 36.5 Å². The molecule has 2 aromatic rings. The van der Waals surface area contributed by atoms with E-state index in [0.29, 0.717) is 12.5 Å². The van der Waals surface area contributed by atoms with Gasteiger partial charge in [0.25, 0.3) is 0 Å². The second-order valence-electron chi connectivity index (χ2n) is 5.28. The number of aliphatic hydroxyl groups is 1. The Bertz CT molecular complexity index is 553. The first-order chi connectivity index (χ1) is 10.2. The van der Waals surface area contributed by atoms with E-state index in [4.69, 9.17) is 9.84 Å². The lowest BCUT2D eigenvalue weighted by molar-refractivity contribution is 0.299. The van der Waals surface area contributed by atoms with Crippen molar-refractivity contribution in [1.29, 1.82) is 0 Å². The van der Waals surface area contributed by atoms with Crippen LogP contribution in [0.3, 0.4) is 0 Å². The summed E-state index contributed by atoms with van der Waals surface area (Å²) in [4.78, 5) is 4.21. The number of hydrogen-bond acceptors (Lipinski definition) is 4. The van der Waals surface area contributed by atoms with Crippen molar-refractivity contribution in [3.8, 4) is 11.5 Å². The molecule has 0 saturated carbocycles. The van der Waals surface area contributed by atoms with Crippen molar-refractivity contribution in [3.63, 3.8) is 0 Å². The number of ether oxygens (including phenoxy) is 1. The normalized spacial score (nSPS) is 10.9. The molecule has 2 rings (SSSR count). The molecule has 0 atom stereocenters. The van der Waals surface area contributed by atoms with E-state index in [1.54, 1.807) is 6.20 Å². The molecule has 0 aliphatic rings. The number of benzene rings is 1. The minimum absolute atomic E-state index is 0.162. The van der Waals surface area contributed by atoms with Crippen LogP contribution in [0.5, 0.6) is 11.5 Å². The zero-order valence-corrected chi connectivity index (χ0v) is 12.5. The number of aromatic nitrogens is 1. The van der Waals surface area contributed by atoms with E-state index in [9.17, 15) is 0 Å². The highest BCUT2D eigenvalue weighted by Gasteiger charge is 2.01. The third-order valence-corrected chi connectivity index (χ3v) is 3.04. The molecule has 4 heteroatoms. The first kappa shape index (κ1) is 15.5. The third-order valence-electron chi connectivity index (χ3n) is 3.04. The van der Waals surface area contributed by atoms with Gasteiger partial charge in [0.05, 0.1) is 6.20 Å². The van der Waals surface area contributed by atoms with Gasteiger partial charge in [-0.05, 0) is 35.7 Å². The Labute approximate surface area is 125 Å². The molecule has 2 N–H and O–H groups in total. The average molecular weight is 286 g/mol. The summed E-state index contributed by atoms with van der Waals surface area (Å²) < 4.78 is 5.81. The van der Waals surface area contributed by atoms with Gasteiger partial charge in [-0.15, -0.1) is 0 Å². The van der Waals surface area contributed by atoms with Gasteiger partial charge in [-0.2, -0.15) is 0 Å². The van der Waals surface area contributed by atoms with E-state index in [0.717, 1.165) is 29.2 Å². The van der Waals surface area contributed by atoms with Crippen LogP contribution in [0.2, 0.25) is 0 Å². The second kappa shape index (κ2) is 7.76. The zero-order valence-electron chi connectivity index (χ0n) is 12.5. The molecule has 21 heavy (non-hydrogen) atoms. The van der Waals surface area contributed by atoms with Crippen LogP contribution < -0.4 is 10.1 Å². The highest BCUT2D eigenvalue weighted by Crippen LogP contribution is 2.22. The molecule has 0 amide bonds. The summed E-state index contributed by atoms with van der Waals surface area (Å²) in [7, 11) is 0. The van der Waals surface area contributed by atoms with Crippen molar-refractivity contribution >= 4 is 0 Å². The topological polar surface area (TPSA) is 54.4 Å². The van der Waals surface area contributed by atoms with E-state index < -0.39 is 0 Å². The largest absolute Gasteiger partial charge is 0.456 e. The van der Waals surface area contributed by atoms with E-state index >= 15 is 0 Å². The van der Waals surface area contributed by atoms with Crippen LogP contribution in [0.15, 0.2) is 42.7 Å². The predicted molar refractivity (Wildman–Crippen MR) is 83.5 cm³/mol. The predicted octanol–water partition coefficient (Wildman–Crippen LogP) is 2.91. The van der Waals surface area contributed by atoms with Gasteiger partial charge in [0.1, 0.15) is 11.5 Å². The maximum atomic E-state index is 8.90. The fourth-order valence-corrected chi connectivity index (χ4v) is 1.93. The summed E-state index contributed by atoms with van der Waals surface area (Å²) in [6.07, 6.45) is 4.21. The molecule has 0 fully saturated rings. The van der Waals surface area contributed by atoms with Crippen molar-refractivity contribution < 1.29 is 9.84 Å². The molecule has 1 aromatic carbocycles. The highest BCUT2D eigenvalue weighted by molar-refractivity contribution is 5.33. The maximum absolute atomic E-state index is 8.90. The Morgan fingerprint density at radius 3 is 2.52 bits per heavy atom. The molecule has 1 aromatic heterocycles. The van der Waals surface area contributed by atoms with E-state index in [-0.39, 0.29) is 6.61 Å². The first-order valence-corrected chi connectivity index (χ1v) is 7.22. The van der Waals surface area contributed by atoms with Crippen LogP contribution >= 0.6 is 0 Å². The van der Waals surface area contributed by atoms with Crippen LogP contribution in [0, 0.1) is 0 Å². The summed E-state index contributed by atoms with van der Waals surface area (Å²) in [5, 5.41) is 12.3. The molecule has 112 valence electrons. The Morgan fingerprint density at radius 2 is 1.86 bits per heavy atom. The fourth-order valence-electron chi connectivity index (χ4n) is 1.93. The number of nitrogens with zero attached hydrogens (tertiary/aromatic N) is 1. The quantitative estimate of drug-likeness (QED) is 0.821. The molecule has 0 aliphatic heterocycles. The third kappa shape index (κ3) is 5.17. The highest BCUT2D eigenvalue weighted by atomic mass is 16.5. The van der Waals surface area contributed by atoms with Gasteiger partial charge in [0, 0.05) is 25.4 Å². The minimum atomic E-state index is 0.162. The van der Waals surface area contributed by atoms with Crippen LogP contribution in [-0.2, 0) is 13.0 Å². The lowest BCUT2D eigenvalue weighted by Gasteiger charge is -2.10. The van der Waals surface area contributed by atoms with Gasteiger partial charge in [0.15, 0.2) is 0 Å². The number of nitrogens with one attached hydrogen (secondary N) is 1. The molecule has 0 aliphatic carbocycles. The van der Waals surface area contributed by atoms with Crippen LogP contribution in [0.4, 0.5) is 0 Å². The van der Waals surface area contributed by atoms with Crippen LogP contribution in [0.25, 0.3) is 0 Å². The molecule has 0 unspecified atom stereocenters. The Balaban J connectivity index is 2.00. The maximum Gasteiger partial charge on any atom is 0.146 e. The Kier molecular flexibility index (Phi) is 5.72. The molecule has 1 heterocycles. The van der Waals surface area contributed by atoms with Crippen molar-refractivity contribution in [2.24, 2.45) is 0 Å². The monoisotopic (exact) mass is 286 g/mol. The van der Waals surface area contributed by atoms with Crippen molar-refractivity contribution in [1.82, 2.24) is 10.3 Å². The summed E-state index contributed by atoms with van der Waals surface area (Å²) >= 11 is 0. The van der Waals surface area contributed by atoms with E-state index in [1.165, 1.54) is 0 Å². The van der Waals surface area contributed by atoms with Gasteiger partial charge in [0.2, 0.25) is 0 Å². The fraction of sp³-hybridized carbons (Fsp3) is 0.353. The summed E-state index contributed by atoms with van der Waals surface area (Å²) in [5.74, 6) is 1.50. The Morgan fingerprint density at radius 1 is 1.10 bits per heavy atom. The lowest BCUT2D eigenvalue weighted by atomic mass is 10.1. The molecule has 0 radical (unpaired) electrons. The molecular formula is C17H22N2O2. The van der Waals surface area contributed by atoms with Crippen molar-refractivity contribution in [3.05, 3.63) is 53.9 Å². The summed E-state index contributed by atoms with van der Waals surface area (Å²) in [5.41, 5.74) is 2.19. The minimum Gasteiger partial charge on any atom is -0.456 e. The van der Waals surface area contributed by atoms with Crippen LogP contribution in [-0.4, -0.2) is 22.7 Å². The molecule has 4 nitrogen and oxygen atoms in total. The molecule has 0 saturated heterocycles. The number of pyridine rings is 1. The summed E-state index contributed by atoms with van der Waals surface area (Å²) in [6.45, 7) is 5.16. The van der Waals surface area contributed by atoms with Gasteiger partial charge in [-0.25, -0.2) is 0 Å². The van der Waals surface area contributed by atoms with Crippen LogP contribution in [0.1, 0.15) is 25.0 Å². The lowest BCUT2D eigenvalue weighted by Crippen LogP contribution is -2.21. The molecular weight excluding hydrogens is 264 g/mol. The van der Waals surface area contributed by atoms with Crippen molar-refractivity contribution in [2.75, 3.05) is 6.61 Å². The van der Waals surface area contributed by atoms with Crippen molar-refractivity contribution in [2.45, 2.75) is 32.9 Å². The number of rotatable bonds is 7. The number of aliphatic hydroxyl groups excluding tert-OH is 1.